The first-order valence-electron chi connectivity index (χ1n) is 8.31. The van der Waals surface area contributed by atoms with E-state index in [1.165, 1.54) is 17.0 Å². The molecule has 0 aliphatic carbocycles. The number of aromatic nitrogens is 3. The van der Waals surface area contributed by atoms with E-state index in [0.29, 0.717) is 37.7 Å². The standard InChI is InChI=1S/C17H20N6O4.ClH/c1-26-8-6-19-4-5-20-17(25)12-9-11(13-3-2-7-27-13)22-16-14(15(18)24)21-10-23(12)16;/h2-3,7,9-10,19H,4-6,8H2,1H3,(H2,18,24)(H,20,25);1H. The van der Waals surface area contributed by atoms with E-state index in [4.69, 9.17) is 14.9 Å². The van der Waals surface area contributed by atoms with Crippen LogP contribution in [0.4, 0.5) is 0 Å². The molecule has 0 aromatic carbocycles. The predicted molar refractivity (Wildman–Crippen MR) is 104 cm³/mol. The number of nitrogens with zero attached hydrogens (tertiary/aromatic N) is 3. The van der Waals surface area contributed by atoms with Crippen LogP contribution in [0.25, 0.3) is 17.1 Å². The molecule has 0 aliphatic heterocycles. The minimum atomic E-state index is -0.727. The fraction of sp³-hybridized carbons (Fsp3) is 0.294. The largest absolute Gasteiger partial charge is 0.463 e. The second kappa shape index (κ2) is 9.83. The van der Waals surface area contributed by atoms with Crippen molar-refractivity contribution in [3.05, 3.63) is 42.2 Å². The molecule has 3 aromatic rings. The maximum atomic E-state index is 12.7. The zero-order valence-corrected chi connectivity index (χ0v) is 16.0. The second-order valence-electron chi connectivity index (χ2n) is 5.65. The minimum Gasteiger partial charge on any atom is -0.463 e. The number of hydrogen-bond donors (Lipinski definition) is 3. The van der Waals surface area contributed by atoms with Crippen LogP contribution in [-0.2, 0) is 4.74 Å². The highest BCUT2D eigenvalue weighted by Gasteiger charge is 2.20. The third-order valence-electron chi connectivity index (χ3n) is 3.81. The molecule has 0 bridgehead atoms. The van der Waals surface area contributed by atoms with Crippen LogP contribution in [0.15, 0.2) is 35.2 Å². The molecule has 11 heteroatoms. The van der Waals surface area contributed by atoms with Crippen LogP contribution in [0, 0.1) is 0 Å². The van der Waals surface area contributed by atoms with Gasteiger partial charge in [-0.3, -0.25) is 14.0 Å². The first-order chi connectivity index (χ1) is 13.1. The summed E-state index contributed by atoms with van der Waals surface area (Å²) in [4.78, 5) is 32.6. The molecule has 0 unspecified atom stereocenters. The van der Waals surface area contributed by atoms with E-state index in [2.05, 4.69) is 20.6 Å². The van der Waals surface area contributed by atoms with Crippen molar-refractivity contribution >= 4 is 29.9 Å². The molecule has 3 heterocycles. The molecule has 4 N–H and O–H groups in total. The molecule has 0 atom stereocenters. The Labute approximate surface area is 166 Å². The Morgan fingerprint density at radius 2 is 2.14 bits per heavy atom. The molecular weight excluding hydrogens is 388 g/mol. The topological polar surface area (TPSA) is 137 Å². The van der Waals surface area contributed by atoms with E-state index in [0.717, 1.165) is 0 Å². The summed E-state index contributed by atoms with van der Waals surface area (Å²) in [6.45, 7) is 2.29. The van der Waals surface area contributed by atoms with Crippen LogP contribution in [0.2, 0.25) is 0 Å². The molecule has 0 fully saturated rings. The van der Waals surface area contributed by atoms with Crippen LogP contribution in [0.1, 0.15) is 21.0 Å². The molecular formula is C17H21ClN6O4. The Morgan fingerprint density at radius 3 is 2.82 bits per heavy atom. The molecule has 0 saturated carbocycles. The number of amides is 2. The van der Waals surface area contributed by atoms with Crippen LogP contribution < -0.4 is 16.4 Å². The van der Waals surface area contributed by atoms with E-state index in [9.17, 15) is 9.59 Å². The van der Waals surface area contributed by atoms with Crippen molar-refractivity contribution in [3.63, 3.8) is 0 Å². The summed E-state index contributed by atoms with van der Waals surface area (Å²) in [6, 6.07) is 4.99. The summed E-state index contributed by atoms with van der Waals surface area (Å²) < 4.78 is 11.7. The molecule has 10 nitrogen and oxygen atoms in total. The average molecular weight is 409 g/mol. The fourth-order valence-corrected chi connectivity index (χ4v) is 2.52. The Kier molecular flexibility index (Phi) is 7.50. The Balaban J connectivity index is 0.00000280. The highest BCUT2D eigenvalue weighted by atomic mass is 35.5. The van der Waals surface area contributed by atoms with Gasteiger partial charge in [0, 0.05) is 26.7 Å². The van der Waals surface area contributed by atoms with Crippen LogP contribution in [0.3, 0.4) is 0 Å². The van der Waals surface area contributed by atoms with Gasteiger partial charge in [0.2, 0.25) is 0 Å². The number of hydrogen-bond acceptors (Lipinski definition) is 7. The van der Waals surface area contributed by atoms with E-state index >= 15 is 0 Å². The lowest BCUT2D eigenvalue weighted by molar-refractivity contribution is 0.0945. The number of rotatable bonds is 9. The van der Waals surface area contributed by atoms with Crippen molar-refractivity contribution in [1.29, 1.82) is 0 Å². The fourth-order valence-electron chi connectivity index (χ4n) is 2.52. The van der Waals surface area contributed by atoms with Gasteiger partial charge in [0.15, 0.2) is 17.1 Å². The predicted octanol–water partition coefficient (Wildman–Crippen LogP) is 0.476. The molecule has 0 aliphatic rings. The number of nitrogens with two attached hydrogens (primary N) is 1. The zero-order valence-electron chi connectivity index (χ0n) is 15.2. The Morgan fingerprint density at radius 1 is 1.32 bits per heavy atom. The van der Waals surface area contributed by atoms with Crippen LogP contribution in [-0.4, -0.2) is 59.5 Å². The SMILES string of the molecule is COCCNCCNC(=O)c1cc(-c2ccco2)nc2c(C(N)=O)ncn12.Cl. The lowest BCUT2D eigenvalue weighted by Gasteiger charge is -2.09. The molecule has 3 aromatic heterocycles. The molecule has 0 saturated heterocycles. The summed E-state index contributed by atoms with van der Waals surface area (Å²) in [7, 11) is 1.63. The number of primary amides is 1. The molecule has 28 heavy (non-hydrogen) atoms. The van der Waals surface area contributed by atoms with E-state index in [-0.39, 0.29) is 35.3 Å². The first kappa shape index (κ1) is 21.4. The lowest BCUT2D eigenvalue weighted by atomic mass is 10.2. The summed E-state index contributed by atoms with van der Waals surface area (Å²) >= 11 is 0. The van der Waals surface area contributed by atoms with Crippen molar-refractivity contribution in [3.8, 4) is 11.5 Å². The Bertz CT molecular complexity index is 941. The Hall–Kier alpha value is -2.95. The summed E-state index contributed by atoms with van der Waals surface area (Å²) in [5, 5.41) is 5.95. The van der Waals surface area contributed by atoms with E-state index < -0.39 is 5.91 Å². The number of fused-ring (bicyclic) bond motifs is 1. The second-order valence-corrected chi connectivity index (χ2v) is 5.65. The molecule has 150 valence electrons. The quantitative estimate of drug-likeness (QED) is 0.438. The van der Waals surface area contributed by atoms with Crippen molar-refractivity contribution < 1.29 is 18.7 Å². The van der Waals surface area contributed by atoms with Gasteiger partial charge in [-0.15, -0.1) is 12.4 Å². The van der Waals surface area contributed by atoms with Gasteiger partial charge < -0.3 is 25.5 Å². The maximum Gasteiger partial charge on any atom is 0.271 e. The highest BCUT2D eigenvalue weighted by molar-refractivity contribution is 5.99. The average Bonchev–Trinajstić information content (AvgIpc) is 3.33. The number of nitrogens with one attached hydrogen (secondary N) is 2. The summed E-state index contributed by atoms with van der Waals surface area (Å²) in [5.74, 6) is -0.600. The van der Waals surface area contributed by atoms with Crippen LogP contribution in [0.5, 0.6) is 0 Å². The van der Waals surface area contributed by atoms with Gasteiger partial charge in [0.25, 0.3) is 11.8 Å². The summed E-state index contributed by atoms with van der Waals surface area (Å²) in [5.41, 5.74) is 6.21. The number of methoxy groups -OCH3 is 1. The van der Waals surface area contributed by atoms with Gasteiger partial charge >= 0.3 is 0 Å². The minimum absolute atomic E-state index is 0. The lowest BCUT2D eigenvalue weighted by Crippen LogP contribution is -2.34. The highest BCUT2D eigenvalue weighted by Crippen LogP contribution is 2.21. The molecule has 3 rings (SSSR count). The van der Waals surface area contributed by atoms with E-state index in [1.807, 2.05) is 0 Å². The molecule has 0 radical (unpaired) electrons. The normalized spacial score (nSPS) is 10.6. The van der Waals surface area contributed by atoms with Gasteiger partial charge in [-0.2, -0.15) is 0 Å². The van der Waals surface area contributed by atoms with Gasteiger partial charge in [-0.1, -0.05) is 0 Å². The maximum absolute atomic E-state index is 12.7. The number of carbonyl (C=O) groups excluding carboxylic acids is 2. The van der Waals surface area contributed by atoms with Gasteiger partial charge in [-0.05, 0) is 18.2 Å². The van der Waals surface area contributed by atoms with Gasteiger partial charge in [0.05, 0.1) is 12.9 Å². The molecule has 2 amide bonds. The first-order valence-corrected chi connectivity index (χ1v) is 8.31. The van der Waals surface area contributed by atoms with Gasteiger partial charge in [0.1, 0.15) is 17.7 Å². The smallest absolute Gasteiger partial charge is 0.271 e. The number of furan rings is 1. The number of ether oxygens (including phenoxy) is 1. The van der Waals surface area contributed by atoms with Crippen molar-refractivity contribution in [2.45, 2.75) is 0 Å². The van der Waals surface area contributed by atoms with Gasteiger partial charge in [-0.25, -0.2) is 9.97 Å². The monoisotopic (exact) mass is 408 g/mol. The van der Waals surface area contributed by atoms with Crippen molar-refractivity contribution in [2.24, 2.45) is 5.73 Å². The van der Waals surface area contributed by atoms with Crippen molar-refractivity contribution in [1.82, 2.24) is 25.0 Å². The third kappa shape index (κ3) is 4.66. The van der Waals surface area contributed by atoms with E-state index in [1.54, 1.807) is 25.3 Å². The summed E-state index contributed by atoms with van der Waals surface area (Å²) in [6.07, 6.45) is 2.85. The number of carbonyl (C=O) groups is 2. The third-order valence-corrected chi connectivity index (χ3v) is 3.81. The van der Waals surface area contributed by atoms with Crippen LogP contribution >= 0.6 is 12.4 Å². The zero-order chi connectivity index (χ0) is 19.2. The van der Waals surface area contributed by atoms with Crippen molar-refractivity contribution in [2.75, 3.05) is 33.4 Å². The number of imidazole rings is 1. The number of halogens is 1. The molecule has 0 spiro atoms.